The Labute approximate surface area is 144 Å². The number of benzene rings is 2. The van der Waals surface area contributed by atoms with Crippen LogP contribution in [0.2, 0.25) is 0 Å². The van der Waals surface area contributed by atoms with Crippen molar-refractivity contribution in [1.82, 2.24) is 5.32 Å². The Morgan fingerprint density at radius 3 is 2.38 bits per heavy atom. The van der Waals surface area contributed by atoms with Crippen molar-refractivity contribution >= 4 is 5.69 Å². The van der Waals surface area contributed by atoms with Crippen LogP contribution in [0.5, 0.6) is 0 Å². The van der Waals surface area contributed by atoms with Crippen molar-refractivity contribution in [3.05, 3.63) is 65.2 Å². The minimum absolute atomic E-state index is 0.0838. The Morgan fingerprint density at radius 2 is 1.71 bits per heavy atom. The van der Waals surface area contributed by atoms with Gasteiger partial charge in [0.05, 0.1) is 19.8 Å². The van der Waals surface area contributed by atoms with Crippen molar-refractivity contribution in [2.45, 2.75) is 26.1 Å². The van der Waals surface area contributed by atoms with E-state index < -0.39 is 0 Å². The fourth-order valence-electron chi connectivity index (χ4n) is 3.06. The topological polar surface area (TPSA) is 44.7 Å². The summed E-state index contributed by atoms with van der Waals surface area (Å²) < 4.78 is 5.41. The standard InChI is InChI=1S/C20H26N2O2/c1-16(21-14-18-4-2-3-5-19(18)15-23)17-6-8-20(9-7-17)22-10-12-24-13-11-22/h2-9,16,21,23H,10-15H2,1H3. The zero-order chi connectivity index (χ0) is 16.8. The van der Waals surface area contributed by atoms with Gasteiger partial charge in [0.2, 0.25) is 0 Å². The maximum Gasteiger partial charge on any atom is 0.0685 e. The number of anilines is 1. The van der Waals surface area contributed by atoms with Crippen molar-refractivity contribution in [3.63, 3.8) is 0 Å². The molecule has 1 atom stereocenters. The first-order chi connectivity index (χ1) is 11.8. The average Bonchev–Trinajstić information content (AvgIpc) is 2.67. The summed E-state index contributed by atoms with van der Waals surface area (Å²) >= 11 is 0. The molecule has 1 fully saturated rings. The van der Waals surface area contributed by atoms with Crippen LogP contribution in [-0.4, -0.2) is 31.4 Å². The van der Waals surface area contributed by atoms with E-state index in [-0.39, 0.29) is 12.6 Å². The lowest BCUT2D eigenvalue weighted by Gasteiger charge is -2.29. The maximum atomic E-state index is 9.41. The van der Waals surface area contributed by atoms with E-state index in [2.05, 4.69) is 47.5 Å². The van der Waals surface area contributed by atoms with Crippen molar-refractivity contribution in [1.29, 1.82) is 0 Å². The lowest BCUT2D eigenvalue weighted by Crippen LogP contribution is -2.36. The van der Waals surface area contributed by atoms with E-state index >= 15 is 0 Å². The van der Waals surface area contributed by atoms with Crippen LogP contribution in [0.3, 0.4) is 0 Å². The first-order valence-electron chi connectivity index (χ1n) is 8.61. The second kappa shape index (κ2) is 8.29. The minimum Gasteiger partial charge on any atom is -0.392 e. The SMILES string of the molecule is CC(NCc1ccccc1CO)c1ccc(N2CCOCC2)cc1. The van der Waals surface area contributed by atoms with Gasteiger partial charge in [0.15, 0.2) is 0 Å². The van der Waals surface area contributed by atoms with Gasteiger partial charge >= 0.3 is 0 Å². The summed E-state index contributed by atoms with van der Waals surface area (Å²) in [5, 5.41) is 13.0. The highest BCUT2D eigenvalue weighted by Gasteiger charge is 2.12. The van der Waals surface area contributed by atoms with Crippen molar-refractivity contribution in [3.8, 4) is 0 Å². The molecule has 24 heavy (non-hydrogen) atoms. The van der Waals surface area contributed by atoms with Crippen molar-refractivity contribution in [2.24, 2.45) is 0 Å². The number of aliphatic hydroxyl groups excluding tert-OH is 1. The molecule has 2 aromatic rings. The highest BCUT2D eigenvalue weighted by molar-refractivity contribution is 5.48. The first kappa shape index (κ1) is 17.0. The van der Waals surface area contributed by atoms with Gasteiger partial charge in [-0.05, 0) is 35.7 Å². The monoisotopic (exact) mass is 326 g/mol. The van der Waals surface area contributed by atoms with E-state index in [0.717, 1.165) is 44.0 Å². The first-order valence-corrected chi connectivity index (χ1v) is 8.61. The molecule has 128 valence electrons. The van der Waals surface area contributed by atoms with Crippen LogP contribution < -0.4 is 10.2 Å². The van der Waals surface area contributed by atoms with Crippen LogP contribution in [0.1, 0.15) is 29.7 Å². The zero-order valence-electron chi connectivity index (χ0n) is 14.2. The molecule has 0 radical (unpaired) electrons. The maximum absolute atomic E-state index is 9.41. The summed E-state index contributed by atoms with van der Waals surface area (Å²) in [4.78, 5) is 2.36. The predicted octanol–water partition coefficient (Wildman–Crippen LogP) is 2.87. The molecule has 1 heterocycles. The summed E-state index contributed by atoms with van der Waals surface area (Å²) in [5.74, 6) is 0. The smallest absolute Gasteiger partial charge is 0.0685 e. The molecular formula is C20H26N2O2. The Kier molecular flexibility index (Phi) is 5.86. The summed E-state index contributed by atoms with van der Waals surface area (Å²) in [6, 6.07) is 17.0. The Balaban J connectivity index is 1.59. The molecule has 3 rings (SSSR count). The largest absolute Gasteiger partial charge is 0.392 e. The lowest BCUT2D eigenvalue weighted by atomic mass is 10.1. The van der Waals surface area contributed by atoms with Crippen LogP contribution in [-0.2, 0) is 17.9 Å². The van der Waals surface area contributed by atoms with E-state index in [9.17, 15) is 5.11 Å². The Morgan fingerprint density at radius 1 is 1.04 bits per heavy atom. The minimum atomic E-state index is 0.0838. The van der Waals surface area contributed by atoms with E-state index in [1.54, 1.807) is 0 Å². The van der Waals surface area contributed by atoms with Crippen LogP contribution in [0.15, 0.2) is 48.5 Å². The molecule has 0 bridgehead atoms. The fourth-order valence-corrected chi connectivity index (χ4v) is 3.06. The number of hydrogen-bond acceptors (Lipinski definition) is 4. The summed E-state index contributed by atoms with van der Waals surface area (Å²) in [6.45, 7) is 6.55. The third-order valence-electron chi connectivity index (χ3n) is 4.66. The molecule has 0 aromatic heterocycles. The van der Waals surface area contributed by atoms with Gasteiger partial charge in [0.1, 0.15) is 0 Å². The second-order valence-corrected chi connectivity index (χ2v) is 6.22. The van der Waals surface area contributed by atoms with E-state index in [1.165, 1.54) is 11.3 Å². The molecule has 1 aliphatic rings. The molecule has 1 saturated heterocycles. The molecule has 0 aliphatic carbocycles. The average molecular weight is 326 g/mol. The van der Waals surface area contributed by atoms with Crippen LogP contribution in [0.4, 0.5) is 5.69 Å². The normalized spacial score (nSPS) is 16.2. The number of ether oxygens (including phenoxy) is 1. The van der Waals surface area contributed by atoms with Gasteiger partial charge in [0.25, 0.3) is 0 Å². The number of morpholine rings is 1. The highest BCUT2D eigenvalue weighted by atomic mass is 16.5. The third-order valence-corrected chi connectivity index (χ3v) is 4.66. The highest BCUT2D eigenvalue weighted by Crippen LogP contribution is 2.20. The number of rotatable bonds is 6. The summed E-state index contributed by atoms with van der Waals surface area (Å²) in [5.41, 5.74) is 4.67. The molecule has 4 nitrogen and oxygen atoms in total. The predicted molar refractivity (Wildman–Crippen MR) is 97.1 cm³/mol. The molecular weight excluding hydrogens is 300 g/mol. The molecule has 2 aromatic carbocycles. The molecule has 2 N–H and O–H groups in total. The van der Waals surface area contributed by atoms with E-state index in [1.807, 2.05) is 18.2 Å². The number of aliphatic hydroxyl groups is 1. The van der Waals surface area contributed by atoms with Crippen LogP contribution in [0, 0.1) is 0 Å². The van der Waals surface area contributed by atoms with Gasteiger partial charge in [-0.25, -0.2) is 0 Å². The number of nitrogens with one attached hydrogen (secondary N) is 1. The van der Waals surface area contributed by atoms with E-state index in [0.29, 0.717) is 0 Å². The van der Waals surface area contributed by atoms with Gasteiger partial charge in [-0.1, -0.05) is 36.4 Å². The van der Waals surface area contributed by atoms with Crippen molar-refractivity contribution in [2.75, 3.05) is 31.2 Å². The molecule has 1 aliphatic heterocycles. The molecule has 0 amide bonds. The zero-order valence-corrected chi connectivity index (χ0v) is 14.2. The Bertz CT molecular complexity index is 636. The third kappa shape index (κ3) is 4.15. The van der Waals surface area contributed by atoms with Gasteiger partial charge in [-0.2, -0.15) is 0 Å². The quantitative estimate of drug-likeness (QED) is 0.857. The van der Waals surface area contributed by atoms with Gasteiger partial charge in [0, 0.05) is 31.4 Å². The van der Waals surface area contributed by atoms with Crippen LogP contribution >= 0.6 is 0 Å². The van der Waals surface area contributed by atoms with Crippen LogP contribution in [0.25, 0.3) is 0 Å². The lowest BCUT2D eigenvalue weighted by molar-refractivity contribution is 0.122. The Hall–Kier alpha value is -1.88. The molecule has 1 unspecified atom stereocenters. The molecule has 4 heteroatoms. The summed E-state index contributed by atoms with van der Waals surface area (Å²) in [6.07, 6.45) is 0. The number of nitrogens with zero attached hydrogens (tertiary/aromatic N) is 1. The van der Waals surface area contributed by atoms with Gasteiger partial charge < -0.3 is 20.1 Å². The van der Waals surface area contributed by atoms with Gasteiger partial charge in [-0.3, -0.25) is 0 Å². The van der Waals surface area contributed by atoms with Gasteiger partial charge in [-0.15, -0.1) is 0 Å². The second-order valence-electron chi connectivity index (χ2n) is 6.22. The van der Waals surface area contributed by atoms with Crippen molar-refractivity contribution < 1.29 is 9.84 Å². The molecule has 0 spiro atoms. The summed E-state index contributed by atoms with van der Waals surface area (Å²) in [7, 11) is 0. The fraction of sp³-hybridized carbons (Fsp3) is 0.400. The van der Waals surface area contributed by atoms with E-state index in [4.69, 9.17) is 4.74 Å². The number of hydrogen-bond donors (Lipinski definition) is 2. The molecule has 0 saturated carbocycles.